The fourth-order valence-electron chi connectivity index (χ4n) is 1.87. The largest absolute Gasteiger partial charge is 0.322 e. The molecule has 3 nitrogen and oxygen atoms in total. The zero-order valence-corrected chi connectivity index (χ0v) is 10.0. The van der Waals surface area contributed by atoms with Crippen LogP contribution in [0, 0.1) is 6.92 Å². The van der Waals surface area contributed by atoms with Gasteiger partial charge in [0.1, 0.15) is 5.78 Å². The second-order valence-electron chi connectivity index (χ2n) is 4.42. The lowest BCUT2D eigenvalue weighted by Crippen LogP contribution is -2.13. The zero-order valence-electron chi connectivity index (χ0n) is 10.0. The maximum absolute atomic E-state index is 11.8. The molecular weight excluding hydrogens is 214 g/mol. The fourth-order valence-corrected chi connectivity index (χ4v) is 1.87. The molecule has 0 aliphatic heterocycles. The molecular formula is C14H15NO2. The van der Waals surface area contributed by atoms with E-state index in [2.05, 4.69) is 4.98 Å². The van der Waals surface area contributed by atoms with Crippen molar-refractivity contribution in [2.24, 2.45) is 0 Å². The third-order valence-electron chi connectivity index (χ3n) is 2.82. The van der Waals surface area contributed by atoms with Gasteiger partial charge in [-0.2, -0.15) is 0 Å². The Morgan fingerprint density at radius 1 is 1.29 bits per heavy atom. The summed E-state index contributed by atoms with van der Waals surface area (Å²) < 4.78 is 0. The number of pyridine rings is 1. The molecule has 2 aromatic rings. The van der Waals surface area contributed by atoms with Gasteiger partial charge in [0.2, 0.25) is 0 Å². The van der Waals surface area contributed by atoms with E-state index in [0.29, 0.717) is 18.4 Å². The van der Waals surface area contributed by atoms with E-state index in [4.69, 9.17) is 0 Å². The second kappa shape index (κ2) is 4.53. The number of nitrogens with one attached hydrogen (secondary N) is 1. The van der Waals surface area contributed by atoms with Gasteiger partial charge in [0, 0.05) is 17.5 Å². The Balaban J connectivity index is 2.46. The van der Waals surface area contributed by atoms with Crippen molar-refractivity contribution in [2.45, 2.75) is 26.7 Å². The molecule has 0 amide bonds. The Morgan fingerprint density at radius 3 is 2.76 bits per heavy atom. The van der Waals surface area contributed by atoms with E-state index in [9.17, 15) is 9.59 Å². The molecule has 0 aliphatic rings. The monoisotopic (exact) mass is 229 g/mol. The Hall–Kier alpha value is -1.90. The number of carbonyl (C=O) groups excluding carboxylic acids is 1. The molecule has 0 fully saturated rings. The van der Waals surface area contributed by atoms with Crippen molar-refractivity contribution < 1.29 is 4.79 Å². The summed E-state index contributed by atoms with van der Waals surface area (Å²) >= 11 is 0. The van der Waals surface area contributed by atoms with Crippen molar-refractivity contribution in [3.05, 3.63) is 45.7 Å². The van der Waals surface area contributed by atoms with Crippen LogP contribution in [0.3, 0.4) is 0 Å². The number of aryl methyl sites for hydroxylation is 2. The standard InChI is InChI=1S/C14H15NO2/c1-9-3-6-13-12(7-9)8-11(14(17)15-13)5-4-10(2)16/h3,6-8H,4-5H2,1-2H3,(H,15,17). The van der Waals surface area contributed by atoms with Gasteiger partial charge in [0.05, 0.1) is 0 Å². The first-order chi connectivity index (χ1) is 8.06. The summed E-state index contributed by atoms with van der Waals surface area (Å²) in [5.74, 6) is 0.105. The minimum Gasteiger partial charge on any atom is -0.322 e. The van der Waals surface area contributed by atoms with Crippen LogP contribution in [0.5, 0.6) is 0 Å². The molecule has 0 saturated carbocycles. The van der Waals surface area contributed by atoms with Gasteiger partial charge in [0.25, 0.3) is 5.56 Å². The summed E-state index contributed by atoms with van der Waals surface area (Å²) in [7, 11) is 0. The fraction of sp³-hybridized carbons (Fsp3) is 0.286. The molecule has 1 aromatic heterocycles. The highest BCUT2D eigenvalue weighted by Crippen LogP contribution is 2.13. The minimum atomic E-state index is -0.0948. The topological polar surface area (TPSA) is 49.9 Å². The number of rotatable bonds is 3. The van der Waals surface area contributed by atoms with Crippen LogP contribution in [0.4, 0.5) is 0 Å². The van der Waals surface area contributed by atoms with Crippen LogP contribution in [-0.2, 0) is 11.2 Å². The number of aromatic amines is 1. The highest BCUT2D eigenvalue weighted by Gasteiger charge is 2.04. The van der Waals surface area contributed by atoms with E-state index in [0.717, 1.165) is 16.5 Å². The zero-order chi connectivity index (χ0) is 12.4. The molecule has 0 atom stereocenters. The Bertz CT molecular complexity index is 626. The Morgan fingerprint density at radius 2 is 2.06 bits per heavy atom. The number of H-pyrrole nitrogens is 1. The molecule has 1 N–H and O–H groups in total. The van der Waals surface area contributed by atoms with E-state index >= 15 is 0 Å². The van der Waals surface area contributed by atoms with Crippen molar-refractivity contribution in [3.63, 3.8) is 0 Å². The van der Waals surface area contributed by atoms with Gasteiger partial charge < -0.3 is 9.78 Å². The van der Waals surface area contributed by atoms with Crippen molar-refractivity contribution in [3.8, 4) is 0 Å². The first-order valence-corrected chi connectivity index (χ1v) is 5.68. The number of fused-ring (bicyclic) bond motifs is 1. The molecule has 3 heteroatoms. The third-order valence-corrected chi connectivity index (χ3v) is 2.82. The van der Waals surface area contributed by atoms with E-state index < -0.39 is 0 Å². The second-order valence-corrected chi connectivity index (χ2v) is 4.42. The third kappa shape index (κ3) is 2.61. The predicted molar refractivity (Wildman–Crippen MR) is 68.3 cm³/mol. The molecule has 1 heterocycles. The lowest BCUT2D eigenvalue weighted by molar-refractivity contribution is -0.116. The summed E-state index contributed by atoms with van der Waals surface area (Å²) in [6.45, 7) is 3.55. The summed E-state index contributed by atoms with van der Waals surface area (Å²) in [6.07, 6.45) is 0.926. The van der Waals surface area contributed by atoms with Crippen LogP contribution in [-0.4, -0.2) is 10.8 Å². The summed E-state index contributed by atoms with van der Waals surface area (Å²) in [4.78, 5) is 25.5. The summed E-state index contributed by atoms with van der Waals surface area (Å²) in [5, 5.41) is 1.02. The van der Waals surface area contributed by atoms with Gasteiger partial charge in [-0.15, -0.1) is 0 Å². The van der Waals surface area contributed by atoms with Crippen LogP contribution in [0.25, 0.3) is 10.9 Å². The van der Waals surface area contributed by atoms with Crippen LogP contribution >= 0.6 is 0 Å². The van der Waals surface area contributed by atoms with E-state index in [-0.39, 0.29) is 11.3 Å². The Kier molecular flexibility index (Phi) is 3.09. The molecule has 88 valence electrons. The number of carbonyl (C=O) groups is 1. The molecule has 0 spiro atoms. The molecule has 0 aliphatic carbocycles. The van der Waals surface area contributed by atoms with Crippen LogP contribution in [0.15, 0.2) is 29.1 Å². The average Bonchev–Trinajstić information content (AvgIpc) is 2.26. The van der Waals surface area contributed by atoms with Gasteiger partial charge in [0.15, 0.2) is 0 Å². The number of hydrogen-bond donors (Lipinski definition) is 1. The molecule has 0 bridgehead atoms. The van der Waals surface area contributed by atoms with E-state index in [1.807, 2.05) is 31.2 Å². The van der Waals surface area contributed by atoms with E-state index in [1.54, 1.807) is 6.92 Å². The molecule has 0 radical (unpaired) electrons. The lowest BCUT2D eigenvalue weighted by Gasteiger charge is -2.03. The summed E-state index contributed by atoms with van der Waals surface area (Å²) in [6, 6.07) is 7.78. The van der Waals surface area contributed by atoms with Gasteiger partial charge in [-0.05, 0) is 43.9 Å². The highest BCUT2D eigenvalue weighted by molar-refractivity contribution is 5.80. The molecule has 17 heavy (non-hydrogen) atoms. The normalized spacial score (nSPS) is 10.7. The van der Waals surface area contributed by atoms with Gasteiger partial charge in [-0.1, -0.05) is 11.6 Å². The van der Waals surface area contributed by atoms with Crippen LogP contribution in [0.2, 0.25) is 0 Å². The summed E-state index contributed by atoms with van der Waals surface area (Å²) in [5.41, 5.74) is 2.58. The van der Waals surface area contributed by atoms with Crippen LogP contribution < -0.4 is 5.56 Å². The maximum atomic E-state index is 11.8. The SMILES string of the molecule is CC(=O)CCc1cc2cc(C)ccc2[nH]c1=O. The van der Waals surface area contributed by atoms with Crippen molar-refractivity contribution in [2.75, 3.05) is 0 Å². The molecule has 0 saturated heterocycles. The molecule has 1 aromatic carbocycles. The first-order valence-electron chi connectivity index (χ1n) is 5.68. The van der Waals surface area contributed by atoms with Crippen molar-refractivity contribution in [1.29, 1.82) is 0 Å². The Labute approximate surface area is 99.5 Å². The number of ketones is 1. The van der Waals surface area contributed by atoms with E-state index in [1.165, 1.54) is 0 Å². The number of Topliss-reactive ketones (excluding diaryl/α,β-unsaturated/α-hetero) is 1. The van der Waals surface area contributed by atoms with Crippen LogP contribution in [0.1, 0.15) is 24.5 Å². The minimum absolute atomic E-state index is 0.0948. The molecule has 2 rings (SSSR count). The van der Waals surface area contributed by atoms with Gasteiger partial charge in [-0.3, -0.25) is 4.79 Å². The average molecular weight is 229 g/mol. The smallest absolute Gasteiger partial charge is 0.251 e. The maximum Gasteiger partial charge on any atom is 0.251 e. The number of aromatic nitrogens is 1. The highest BCUT2D eigenvalue weighted by atomic mass is 16.1. The number of benzene rings is 1. The van der Waals surface area contributed by atoms with Crippen molar-refractivity contribution >= 4 is 16.7 Å². The molecule has 0 unspecified atom stereocenters. The lowest BCUT2D eigenvalue weighted by atomic mass is 10.1. The van der Waals surface area contributed by atoms with Crippen molar-refractivity contribution in [1.82, 2.24) is 4.98 Å². The van der Waals surface area contributed by atoms with Gasteiger partial charge >= 0.3 is 0 Å². The quantitative estimate of drug-likeness (QED) is 0.878. The predicted octanol–water partition coefficient (Wildman–Crippen LogP) is 2.36. The van der Waals surface area contributed by atoms with Gasteiger partial charge in [-0.25, -0.2) is 0 Å². The first kappa shape index (κ1) is 11.6. The number of hydrogen-bond acceptors (Lipinski definition) is 2.